The first-order chi connectivity index (χ1) is 7.86. The molecule has 17 heavy (non-hydrogen) atoms. The van der Waals surface area contributed by atoms with Gasteiger partial charge in [-0.3, -0.25) is 0 Å². The maximum atomic E-state index is 11.4. The molecule has 0 bridgehead atoms. The van der Waals surface area contributed by atoms with Crippen LogP contribution in [0.15, 0.2) is 24.3 Å². The molecule has 0 amide bonds. The van der Waals surface area contributed by atoms with E-state index in [0.717, 1.165) is 11.3 Å². The van der Waals surface area contributed by atoms with Gasteiger partial charge in [-0.15, -0.1) is 0 Å². The Bertz CT molecular complexity index is 453. The van der Waals surface area contributed by atoms with Gasteiger partial charge in [0.05, 0.1) is 11.9 Å². The topological polar surface area (TPSA) is 69.4 Å². The molecule has 0 radical (unpaired) electrons. The van der Waals surface area contributed by atoms with Crippen molar-refractivity contribution >= 4 is 9.84 Å². The summed E-state index contributed by atoms with van der Waals surface area (Å²) in [6.07, 6.45) is 1.20. The first kappa shape index (κ1) is 14.0. The zero-order chi connectivity index (χ0) is 13.1. The van der Waals surface area contributed by atoms with Gasteiger partial charge in [0.2, 0.25) is 0 Å². The Morgan fingerprint density at radius 2 is 1.82 bits per heavy atom. The fourth-order valence-corrected chi connectivity index (χ4v) is 2.18. The van der Waals surface area contributed by atoms with Crippen LogP contribution in [0.3, 0.4) is 0 Å². The summed E-state index contributed by atoms with van der Waals surface area (Å²) in [4.78, 5) is 0. The van der Waals surface area contributed by atoms with Crippen LogP contribution in [0.4, 0.5) is 0 Å². The molecule has 4 nitrogen and oxygen atoms in total. The number of nitrogens with two attached hydrogens (primary N) is 1. The van der Waals surface area contributed by atoms with Crippen molar-refractivity contribution in [2.75, 3.05) is 12.9 Å². The van der Waals surface area contributed by atoms with Crippen molar-refractivity contribution in [3.8, 4) is 5.75 Å². The standard InChI is InChI=1S/C12H19NO3S/c1-4-16-11-7-5-10(6-8-11)12(13)9(2)17(3,14)15/h5-9,12H,4,13H2,1-3H3. The van der Waals surface area contributed by atoms with Crippen LogP contribution in [0.1, 0.15) is 25.5 Å². The molecule has 0 saturated heterocycles. The zero-order valence-electron chi connectivity index (χ0n) is 10.4. The van der Waals surface area contributed by atoms with E-state index < -0.39 is 21.1 Å². The number of hydrogen-bond acceptors (Lipinski definition) is 4. The van der Waals surface area contributed by atoms with Gasteiger partial charge >= 0.3 is 0 Å². The Kier molecular flexibility index (Phi) is 4.54. The first-order valence-electron chi connectivity index (χ1n) is 5.53. The summed E-state index contributed by atoms with van der Waals surface area (Å²) >= 11 is 0. The molecule has 2 atom stereocenters. The number of ether oxygens (including phenoxy) is 1. The summed E-state index contributed by atoms with van der Waals surface area (Å²) in [5, 5.41) is -0.597. The van der Waals surface area contributed by atoms with E-state index in [1.165, 1.54) is 6.26 Å². The van der Waals surface area contributed by atoms with E-state index in [2.05, 4.69) is 0 Å². The third-order valence-electron chi connectivity index (χ3n) is 2.76. The maximum absolute atomic E-state index is 11.4. The highest BCUT2D eigenvalue weighted by atomic mass is 32.2. The van der Waals surface area contributed by atoms with E-state index in [1.54, 1.807) is 31.2 Å². The van der Waals surface area contributed by atoms with Gasteiger partial charge in [-0.25, -0.2) is 8.42 Å². The molecule has 1 aromatic rings. The van der Waals surface area contributed by atoms with Crippen LogP contribution in [-0.2, 0) is 9.84 Å². The second-order valence-electron chi connectivity index (χ2n) is 4.06. The molecule has 96 valence electrons. The average molecular weight is 257 g/mol. The summed E-state index contributed by atoms with van der Waals surface area (Å²) < 4.78 is 28.1. The predicted molar refractivity (Wildman–Crippen MR) is 68.8 cm³/mol. The van der Waals surface area contributed by atoms with Crippen molar-refractivity contribution < 1.29 is 13.2 Å². The minimum atomic E-state index is -3.13. The molecule has 0 aliphatic rings. The molecule has 2 unspecified atom stereocenters. The van der Waals surface area contributed by atoms with Crippen LogP contribution in [-0.4, -0.2) is 26.5 Å². The van der Waals surface area contributed by atoms with Crippen molar-refractivity contribution in [3.63, 3.8) is 0 Å². The van der Waals surface area contributed by atoms with E-state index in [9.17, 15) is 8.42 Å². The van der Waals surface area contributed by atoms with Gasteiger partial charge in [0.25, 0.3) is 0 Å². The van der Waals surface area contributed by atoms with Gasteiger partial charge < -0.3 is 10.5 Å². The lowest BCUT2D eigenvalue weighted by Gasteiger charge is -2.18. The molecule has 0 aliphatic heterocycles. The number of sulfone groups is 1. The van der Waals surface area contributed by atoms with Crippen LogP contribution in [0, 0.1) is 0 Å². The van der Waals surface area contributed by atoms with Gasteiger partial charge in [-0.2, -0.15) is 0 Å². The van der Waals surface area contributed by atoms with Crippen molar-refractivity contribution in [3.05, 3.63) is 29.8 Å². The van der Waals surface area contributed by atoms with Crippen LogP contribution >= 0.6 is 0 Å². The van der Waals surface area contributed by atoms with Crippen molar-refractivity contribution in [1.82, 2.24) is 0 Å². The number of rotatable bonds is 5. The highest BCUT2D eigenvalue weighted by Crippen LogP contribution is 2.21. The van der Waals surface area contributed by atoms with Gasteiger partial charge in [0.1, 0.15) is 5.75 Å². The summed E-state index contributed by atoms with van der Waals surface area (Å²) in [5.41, 5.74) is 6.73. The highest BCUT2D eigenvalue weighted by Gasteiger charge is 2.23. The van der Waals surface area contributed by atoms with Gasteiger partial charge in [-0.05, 0) is 31.5 Å². The highest BCUT2D eigenvalue weighted by molar-refractivity contribution is 7.91. The Morgan fingerprint density at radius 3 is 2.24 bits per heavy atom. The second kappa shape index (κ2) is 5.51. The molecule has 0 heterocycles. The third kappa shape index (κ3) is 3.71. The van der Waals surface area contributed by atoms with Gasteiger partial charge in [-0.1, -0.05) is 12.1 Å². The van der Waals surface area contributed by atoms with E-state index in [4.69, 9.17) is 10.5 Å². The summed E-state index contributed by atoms with van der Waals surface area (Å²) in [5.74, 6) is 0.760. The van der Waals surface area contributed by atoms with Crippen molar-refractivity contribution in [1.29, 1.82) is 0 Å². The molecular weight excluding hydrogens is 238 g/mol. The monoisotopic (exact) mass is 257 g/mol. The molecule has 0 fully saturated rings. The van der Waals surface area contributed by atoms with E-state index in [1.807, 2.05) is 6.92 Å². The third-order valence-corrected chi connectivity index (χ3v) is 4.40. The lowest BCUT2D eigenvalue weighted by Crippen LogP contribution is -2.30. The molecule has 0 saturated carbocycles. The van der Waals surface area contributed by atoms with Crippen LogP contribution in [0.5, 0.6) is 5.75 Å². The maximum Gasteiger partial charge on any atom is 0.151 e. The largest absolute Gasteiger partial charge is 0.494 e. The van der Waals surface area contributed by atoms with Crippen LogP contribution in [0.2, 0.25) is 0 Å². The minimum absolute atomic E-state index is 0.513. The quantitative estimate of drug-likeness (QED) is 0.868. The predicted octanol–water partition coefficient (Wildman–Crippen LogP) is 1.52. The number of benzene rings is 1. The first-order valence-corrected chi connectivity index (χ1v) is 7.49. The molecule has 1 rings (SSSR count). The Morgan fingerprint density at radius 1 is 1.29 bits per heavy atom. The Labute approximate surface area is 103 Å². The van der Waals surface area contributed by atoms with Crippen LogP contribution in [0.25, 0.3) is 0 Å². The second-order valence-corrected chi connectivity index (χ2v) is 6.47. The smallest absolute Gasteiger partial charge is 0.151 e. The molecule has 1 aromatic carbocycles. The molecule has 0 spiro atoms. The fraction of sp³-hybridized carbons (Fsp3) is 0.500. The van der Waals surface area contributed by atoms with Gasteiger partial charge in [0, 0.05) is 12.3 Å². The summed E-state index contributed by atoms with van der Waals surface area (Å²) in [6, 6.07) is 6.69. The molecule has 0 aromatic heterocycles. The molecule has 5 heteroatoms. The van der Waals surface area contributed by atoms with Crippen molar-refractivity contribution in [2.45, 2.75) is 25.1 Å². The lowest BCUT2D eigenvalue weighted by atomic mass is 10.1. The molecular formula is C12H19NO3S. The van der Waals surface area contributed by atoms with Crippen molar-refractivity contribution in [2.24, 2.45) is 5.73 Å². The fourth-order valence-electron chi connectivity index (χ4n) is 1.49. The number of hydrogen-bond donors (Lipinski definition) is 1. The zero-order valence-corrected chi connectivity index (χ0v) is 11.2. The Hall–Kier alpha value is -1.07. The molecule has 2 N–H and O–H groups in total. The Balaban J connectivity index is 2.86. The summed E-state index contributed by atoms with van der Waals surface area (Å²) in [6.45, 7) is 4.13. The van der Waals surface area contributed by atoms with E-state index in [0.29, 0.717) is 6.61 Å². The van der Waals surface area contributed by atoms with Crippen LogP contribution < -0.4 is 10.5 Å². The van der Waals surface area contributed by atoms with E-state index in [-0.39, 0.29) is 0 Å². The van der Waals surface area contributed by atoms with Gasteiger partial charge in [0.15, 0.2) is 9.84 Å². The minimum Gasteiger partial charge on any atom is -0.494 e. The summed E-state index contributed by atoms with van der Waals surface area (Å²) in [7, 11) is -3.13. The average Bonchev–Trinajstić information content (AvgIpc) is 2.27. The normalized spacial score (nSPS) is 15.3. The lowest BCUT2D eigenvalue weighted by molar-refractivity contribution is 0.340. The van der Waals surface area contributed by atoms with E-state index >= 15 is 0 Å². The SMILES string of the molecule is CCOc1ccc(C(N)C(C)S(C)(=O)=O)cc1. The molecule has 0 aliphatic carbocycles.